The molecule has 172 valence electrons. The van der Waals surface area contributed by atoms with Gasteiger partial charge in [0.15, 0.2) is 5.65 Å². The molecule has 34 heavy (non-hydrogen) atoms. The summed E-state index contributed by atoms with van der Waals surface area (Å²) in [4.78, 5) is 11.2. The van der Waals surface area contributed by atoms with Crippen LogP contribution < -0.4 is 11.1 Å². The van der Waals surface area contributed by atoms with Gasteiger partial charge in [-0.1, -0.05) is 36.4 Å². The normalized spacial score (nSPS) is 24.1. The van der Waals surface area contributed by atoms with Crippen molar-refractivity contribution in [2.75, 3.05) is 5.73 Å². The molecular formula is C27H28N6S. The van der Waals surface area contributed by atoms with E-state index in [1.54, 1.807) is 0 Å². The first kappa shape index (κ1) is 20.5. The van der Waals surface area contributed by atoms with Gasteiger partial charge in [-0.25, -0.2) is 4.98 Å². The van der Waals surface area contributed by atoms with Gasteiger partial charge in [0, 0.05) is 46.1 Å². The zero-order valence-electron chi connectivity index (χ0n) is 19.0. The van der Waals surface area contributed by atoms with Gasteiger partial charge in [0.25, 0.3) is 0 Å². The number of hydrogen-bond acceptors (Lipinski definition) is 6. The Morgan fingerprint density at radius 3 is 2.41 bits per heavy atom. The van der Waals surface area contributed by atoms with Crippen LogP contribution >= 0.6 is 11.8 Å². The minimum Gasteiger partial charge on any atom is -0.383 e. The summed E-state index contributed by atoms with van der Waals surface area (Å²) < 4.78 is 1.84. The molecule has 4 aromatic rings. The number of anilines is 1. The van der Waals surface area contributed by atoms with Gasteiger partial charge >= 0.3 is 0 Å². The van der Waals surface area contributed by atoms with E-state index in [1.165, 1.54) is 31.4 Å². The predicted octanol–water partition coefficient (Wildman–Crippen LogP) is 5.29. The molecule has 2 bridgehead atoms. The van der Waals surface area contributed by atoms with Gasteiger partial charge in [0.1, 0.15) is 5.82 Å². The quantitative estimate of drug-likeness (QED) is 0.414. The number of hydrogen-bond donors (Lipinski definition) is 2. The van der Waals surface area contributed by atoms with Crippen molar-refractivity contribution in [1.82, 2.24) is 24.9 Å². The van der Waals surface area contributed by atoms with E-state index in [4.69, 9.17) is 15.7 Å². The van der Waals surface area contributed by atoms with Crippen LogP contribution in [0.25, 0.3) is 28.0 Å². The lowest BCUT2D eigenvalue weighted by Crippen LogP contribution is -2.37. The van der Waals surface area contributed by atoms with Gasteiger partial charge in [-0.2, -0.15) is 9.61 Å². The Hall–Kier alpha value is -2.90. The molecule has 3 atom stereocenters. The SMILES string of the molecule is Nc1c(SC2CC2)c(C2CC3CC[C@H](C2)N3)nc2c(-c3ccc(-c4ccccc4)nc3)cnn12. The molecule has 1 aromatic carbocycles. The molecule has 3 aromatic heterocycles. The van der Waals surface area contributed by atoms with E-state index >= 15 is 0 Å². The van der Waals surface area contributed by atoms with Crippen molar-refractivity contribution in [3.8, 4) is 22.4 Å². The topological polar surface area (TPSA) is 81.1 Å². The lowest BCUT2D eigenvalue weighted by molar-refractivity contribution is 0.356. The molecule has 3 aliphatic rings. The second-order valence-electron chi connectivity index (χ2n) is 9.93. The van der Waals surface area contributed by atoms with Crippen molar-refractivity contribution in [1.29, 1.82) is 0 Å². The summed E-state index contributed by atoms with van der Waals surface area (Å²) in [5, 5.41) is 9.11. The number of aromatic nitrogens is 4. The molecule has 2 unspecified atom stereocenters. The van der Waals surface area contributed by atoms with Gasteiger partial charge < -0.3 is 11.1 Å². The summed E-state index contributed by atoms with van der Waals surface area (Å²) in [7, 11) is 0. The van der Waals surface area contributed by atoms with Crippen LogP contribution in [0.15, 0.2) is 59.8 Å². The molecule has 2 saturated heterocycles. The van der Waals surface area contributed by atoms with E-state index < -0.39 is 0 Å². The highest BCUT2D eigenvalue weighted by Crippen LogP contribution is 2.47. The summed E-state index contributed by atoms with van der Waals surface area (Å²) >= 11 is 1.92. The van der Waals surface area contributed by atoms with Crippen LogP contribution in [-0.2, 0) is 0 Å². The molecule has 7 rings (SSSR count). The van der Waals surface area contributed by atoms with Gasteiger partial charge in [0.2, 0.25) is 0 Å². The van der Waals surface area contributed by atoms with E-state index in [1.807, 2.05) is 46.9 Å². The van der Waals surface area contributed by atoms with E-state index in [0.717, 1.165) is 51.6 Å². The highest BCUT2D eigenvalue weighted by atomic mass is 32.2. The van der Waals surface area contributed by atoms with Gasteiger partial charge in [-0.15, -0.1) is 11.8 Å². The maximum Gasteiger partial charge on any atom is 0.165 e. The van der Waals surface area contributed by atoms with Crippen LogP contribution in [0, 0.1) is 0 Å². The third-order valence-corrected chi connectivity index (χ3v) is 8.94. The second-order valence-corrected chi connectivity index (χ2v) is 11.2. The number of pyridine rings is 1. The first-order chi connectivity index (χ1) is 16.7. The lowest BCUT2D eigenvalue weighted by Gasteiger charge is -2.30. The smallest absolute Gasteiger partial charge is 0.165 e. The zero-order valence-corrected chi connectivity index (χ0v) is 19.8. The predicted molar refractivity (Wildman–Crippen MR) is 137 cm³/mol. The van der Waals surface area contributed by atoms with Gasteiger partial charge in [0.05, 0.1) is 22.5 Å². The molecule has 1 aliphatic carbocycles. The Balaban J connectivity index is 1.31. The molecule has 0 radical (unpaired) electrons. The summed E-state index contributed by atoms with van der Waals surface area (Å²) in [5.41, 5.74) is 12.9. The van der Waals surface area contributed by atoms with Crippen molar-refractivity contribution < 1.29 is 0 Å². The number of thioether (sulfide) groups is 1. The summed E-state index contributed by atoms with van der Waals surface area (Å²) in [6, 6.07) is 15.7. The van der Waals surface area contributed by atoms with Gasteiger partial charge in [-0.05, 0) is 44.6 Å². The third kappa shape index (κ3) is 3.58. The Bertz CT molecular complexity index is 1330. The number of nitrogens with one attached hydrogen (secondary N) is 1. The first-order valence-electron chi connectivity index (χ1n) is 12.3. The lowest BCUT2D eigenvalue weighted by atomic mass is 9.89. The van der Waals surface area contributed by atoms with Crippen LogP contribution in [0.2, 0.25) is 0 Å². The Kier molecular flexibility index (Phi) is 4.88. The molecule has 3 N–H and O–H groups in total. The van der Waals surface area contributed by atoms with Crippen molar-refractivity contribution >= 4 is 23.2 Å². The molecule has 0 spiro atoms. The zero-order chi connectivity index (χ0) is 22.6. The first-order valence-corrected chi connectivity index (χ1v) is 13.2. The molecule has 2 aliphatic heterocycles. The Labute approximate surface area is 203 Å². The molecule has 1 saturated carbocycles. The van der Waals surface area contributed by atoms with E-state index in [-0.39, 0.29) is 0 Å². The maximum atomic E-state index is 6.79. The van der Waals surface area contributed by atoms with Crippen molar-refractivity contribution in [2.24, 2.45) is 0 Å². The molecule has 5 heterocycles. The Morgan fingerprint density at radius 2 is 1.71 bits per heavy atom. The van der Waals surface area contributed by atoms with Crippen molar-refractivity contribution in [3.05, 3.63) is 60.6 Å². The monoisotopic (exact) mass is 468 g/mol. The highest BCUT2D eigenvalue weighted by Gasteiger charge is 2.37. The van der Waals surface area contributed by atoms with Crippen molar-refractivity contribution in [2.45, 2.75) is 66.7 Å². The van der Waals surface area contributed by atoms with Crippen LogP contribution in [-0.4, -0.2) is 36.9 Å². The summed E-state index contributed by atoms with van der Waals surface area (Å²) in [6.07, 6.45) is 11.2. The maximum absolute atomic E-state index is 6.79. The third-order valence-electron chi connectivity index (χ3n) is 7.48. The fourth-order valence-electron chi connectivity index (χ4n) is 5.59. The van der Waals surface area contributed by atoms with Crippen LogP contribution in [0.3, 0.4) is 0 Å². The Morgan fingerprint density at radius 1 is 0.912 bits per heavy atom. The number of rotatable bonds is 5. The molecule has 6 nitrogen and oxygen atoms in total. The van der Waals surface area contributed by atoms with Crippen LogP contribution in [0.5, 0.6) is 0 Å². The average Bonchev–Trinajstić information content (AvgIpc) is 3.50. The number of benzene rings is 1. The molecule has 7 heteroatoms. The van der Waals surface area contributed by atoms with Crippen molar-refractivity contribution in [3.63, 3.8) is 0 Å². The number of piperidine rings is 1. The number of nitrogens with two attached hydrogens (primary N) is 1. The van der Waals surface area contributed by atoms with E-state index in [9.17, 15) is 0 Å². The van der Waals surface area contributed by atoms with E-state index in [0.29, 0.717) is 23.3 Å². The molecule has 3 fully saturated rings. The fourth-order valence-corrected chi connectivity index (χ4v) is 6.83. The number of fused-ring (bicyclic) bond motifs is 3. The second kappa shape index (κ2) is 8.10. The summed E-state index contributed by atoms with van der Waals surface area (Å²) in [6.45, 7) is 0. The number of nitrogen functional groups attached to an aromatic ring is 1. The molecular weight excluding hydrogens is 440 g/mol. The average molecular weight is 469 g/mol. The standard InChI is InChI=1S/C27H28N6S/c28-26-25(34-21-9-10-21)24(18-12-19-7-8-20(13-18)31-19)32-27-22(15-30-33(26)27)17-6-11-23(29-14-17)16-4-2-1-3-5-16/h1-6,11,14-15,18-21,31H,7-10,12-13,28H2/t18?,19-,20?/m1/s1. The van der Waals surface area contributed by atoms with Crippen LogP contribution in [0.1, 0.15) is 50.1 Å². The van der Waals surface area contributed by atoms with Crippen LogP contribution in [0.4, 0.5) is 5.82 Å². The van der Waals surface area contributed by atoms with E-state index in [2.05, 4.69) is 34.7 Å². The van der Waals surface area contributed by atoms with Gasteiger partial charge in [-0.3, -0.25) is 4.98 Å². The minimum absolute atomic E-state index is 0.452. The fraction of sp³-hybridized carbons (Fsp3) is 0.370. The summed E-state index contributed by atoms with van der Waals surface area (Å²) in [5.74, 6) is 1.19. The minimum atomic E-state index is 0.452. The number of nitrogens with zero attached hydrogens (tertiary/aromatic N) is 4. The largest absolute Gasteiger partial charge is 0.383 e. The molecule has 0 amide bonds. The highest BCUT2D eigenvalue weighted by molar-refractivity contribution is 8.00.